The van der Waals surface area contributed by atoms with Gasteiger partial charge >= 0.3 is 0 Å². The van der Waals surface area contributed by atoms with Crippen molar-refractivity contribution < 1.29 is 14.3 Å². The molecule has 0 spiro atoms. The topological polar surface area (TPSA) is 73.7 Å². The molecular weight excluding hydrogens is 358 g/mol. The minimum Gasteiger partial charge on any atom is -0.486 e. The average Bonchev–Trinajstić information content (AvgIpc) is 3.16. The molecule has 0 N–H and O–H groups in total. The van der Waals surface area contributed by atoms with Gasteiger partial charge < -0.3 is 14.4 Å². The highest BCUT2D eigenvalue weighted by atomic mass is 16.6. The van der Waals surface area contributed by atoms with Crippen LogP contribution in [0.4, 0.5) is 0 Å². The van der Waals surface area contributed by atoms with Gasteiger partial charge in [0, 0.05) is 24.1 Å². The summed E-state index contributed by atoms with van der Waals surface area (Å²) in [6, 6.07) is 8.92. The van der Waals surface area contributed by atoms with Gasteiger partial charge in [0.2, 0.25) is 5.91 Å². The number of aromatic nitrogens is 2. The van der Waals surface area contributed by atoms with Gasteiger partial charge in [-0.3, -0.25) is 9.59 Å². The number of fused-ring (bicyclic) bond motifs is 1. The highest BCUT2D eigenvalue weighted by molar-refractivity contribution is 5.78. The van der Waals surface area contributed by atoms with Crippen molar-refractivity contribution in [2.45, 2.75) is 39.3 Å². The molecule has 2 aliphatic rings. The lowest BCUT2D eigenvalue weighted by Gasteiger charge is -2.26. The SMILES string of the molecule is CC(C)C(=O)N1CCC[C@H]1Cn1nc(-c2ccc3c(c2)OCCO3)ccc1=O. The molecule has 1 saturated heterocycles. The number of hydrogen-bond donors (Lipinski definition) is 0. The zero-order chi connectivity index (χ0) is 19.7. The fraction of sp³-hybridized carbons (Fsp3) is 0.476. The molecule has 0 bridgehead atoms. The van der Waals surface area contributed by atoms with Crippen molar-refractivity contribution >= 4 is 5.91 Å². The van der Waals surface area contributed by atoms with Crippen molar-refractivity contribution in [2.24, 2.45) is 5.92 Å². The van der Waals surface area contributed by atoms with Crippen molar-refractivity contribution in [3.05, 3.63) is 40.7 Å². The zero-order valence-electron chi connectivity index (χ0n) is 16.3. The molecule has 1 fully saturated rings. The minimum absolute atomic E-state index is 0.00983. The van der Waals surface area contributed by atoms with Crippen LogP contribution in [-0.4, -0.2) is 46.4 Å². The average molecular weight is 383 g/mol. The number of benzene rings is 1. The van der Waals surface area contributed by atoms with Crippen molar-refractivity contribution in [3.8, 4) is 22.8 Å². The summed E-state index contributed by atoms with van der Waals surface area (Å²) < 4.78 is 12.7. The van der Waals surface area contributed by atoms with Gasteiger partial charge in [-0.15, -0.1) is 0 Å². The number of carbonyl (C=O) groups is 1. The summed E-state index contributed by atoms with van der Waals surface area (Å²) in [7, 11) is 0. The Balaban J connectivity index is 1.59. The quantitative estimate of drug-likeness (QED) is 0.810. The van der Waals surface area contributed by atoms with E-state index in [0.29, 0.717) is 31.2 Å². The summed E-state index contributed by atoms with van der Waals surface area (Å²) in [6.45, 7) is 6.04. The molecule has 1 atom stereocenters. The molecule has 148 valence electrons. The van der Waals surface area contributed by atoms with Gasteiger partial charge in [-0.1, -0.05) is 13.8 Å². The molecule has 1 amide bonds. The maximum absolute atomic E-state index is 12.4. The fourth-order valence-electron chi connectivity index (χ4n) is 3.78. The van der Waals surface area contributed by atoms with Crippen molar-refractivity contribution in [3.63, 3.8) is 0 Å². The van der Waals surface area contributed by atoms with Gasteiger partial charge in [-0.05, 0) is 37.1 Å². The highest BCUT2D eigenvalue weighted by Gasteiger charge is 2.30. The molecule has 7 heteroatoms. The molecule has 0 saturated carbocycles. The first kappa shape index (κ1) is 18.5. The molecule has 0 aliphatic carbocycles. The van der Waals surface area contributed by atoms with Gasteiger partial charge in [-0.25, -0.2) is 4.68 Å². The Morgan fingerprint density at radius 2 is 1.96 bits per heavy atom. The maximum atomic E-state index is 12.4. The van der Waals surface area contributed by atoms with Crippen LogP contribution in [0.1, 0.15) is 26.7 Å². The monoisotopic (exact) mass is 383 g/mol. The molecule has 0 unspecified atom stereocenters. The van der Waals surface area contributed by atoms with E-state index in [1.54, 1.807) is 6.07 Å². The van der Waals surface area contributed by atoms with Crippen LogP contribution in [0.5, 0.6) is 11.5 Å². The van der Waals surface area contributed by atoms with E-state index in [0.717, 1.165) is 30.7 Å². The van der Waals surface area contributed by atoms with E-state index in [1.807, 2.05) is 36.9 Å². The van der Waals surface area contributed by atoms with Gasteiger partial charge in [0.05, 0.1) is 18.3 Å². The number of nitrogens with zero attached hydrogens (tertiary/aromatic N) is 3. The fourth-order valence-corrected chi connectivity index (χ4v) is 3.78. The number of rotatable bonds is 4. The molecule has 1 aromatic carbocycles. The summed E-state index contributed by atoms with van der Waals surface area (Å²) >= 11 is 0. The van der Waals surface area contributed by atoms with Crippen molar-refractivity contribution in [1.82, 2.24) is 14.7 Å². The summed E-state index contributed by atoms with van der Waals surface area (Å²) in [5, 5.41) is 4.56. The Morgan fingerprint density at radius 1 is 1.18 bits per heavy atom. The number of hydrogen-bond acceptors (Lipinski definition) is 5. The molecule has 7 nitrogen and oxygen atoms in total. The van der Waals surface area contributed by atoms with E-state index in [2.05, 4.69) is 5.10 Å². The Labute approximate surface area is 163 Å². The third kappa shape index (κ3) is 3.61. The Bertz CT molecular complexity index is 937. The first-order valence-corrected chi connectivity index (χ1v) is 9.81. The molecular formula is C21H25N3O4. The Hall–Kier alpha value is -2.83. The first-order chi connectivity index (χ1) is 13.5. The Morgan fingerprint density at radius 3 is 2.75 bits per heavy atom. The van der Waals surface area contributed by atoms with Gasteiger partial charge in [0.1, 0.15) is 13.2 Å². The lowest BCUT2D eigenvalue weighted by atomic mass is 10.1. The minimum atomic E-state index is -0.162. The van der Waals surface area contributed by atoms with Crippen LogP contribution in [0.3, 0.4) is 0 Å². The molecule has 2 aliphatic heterocycles. The summed E-state index contributed by atoms with van der Waals surface area (Å²) in [5.41, 5.74) is 1.39. The van der Waals surface area contributed by atoms with Crippen LogP contribution >= 0.6 is 0 Å². The van der Waals surface area contributed by atoms with E-state index in [4.69, 9.17) is 9.47 Å². The summed E-state index contributed by atoms with van der Waals surface area (Å²) in [5.74, 6) is 1.50. The lowest BCUT2D eigenvalue weighted by molar-refractivity contribution is -0.135. The first-order valence-electron chi connectivity index (χ1n) is 9.81. The van der Waals surface area contributed by atoms with Crippen molar-refractivity contribution in [2.75, 3.05) is 19.8 Å². The number of carbonyl (C=O) groups excluding carboxylic acids is 1. The molecule has 2 aromatic rings. The van der Waals surface area contributed by atoms with E-state index in [9.17, 15) is 9.59 Å². The van der Waals surface area contributed by atoms with Gasteiger partial charge in [-0.2, -0.15) is 5.10 Å². The Kier molecular flexibility index (Phi) is 5.07. The van der Waals surface area contributed by atoms with Crippen LogP contribution in [0, 0.1) is 5.92 Å². The standard InChI is InChI=1S/C21H25N3O4/c1-14(2)21(26)23-9-3-4-16(23)13-24-20(25)8-6-17(22-24)15-5-7-18-19(12-15)28-11-10-27-18/h5-8,12,14,16H,3-4,9-11,13H2,1-2H3/t16-/m0/s1. The number of likely N-dealkylation sites (tertiary alicyclic amines) is 1. The molecule has 1 aromatic heterocycles. The van der Waals surface area contributed by atoms with Crippen LogP contribution in [-0.2, 0) is 11.3 Å². The number of ether oxygens (including phenoxy) is 2. The largest absolute Gasteiger partial charge is 0.486 e. The second-order valence-corrected chi connectivity index (χ2v) is 7.58. The van der Waals surface area contributed by atoms with Crippen molar-refractivity contribution in [1.29, 1.82) is 0 Å². The van der Waals surface area contributed by atoms with Gasteiger partial charge in [0.25, 0.3) is 5.56 Å². The maximum Gasteiger partial charge on any atom is 0.266 e. The lowest BCUT2D eigenvalue weighted by Crippen LogP contribution is -2.42. The summed E-state index contributed by atoms with van der Waals surface area (Å²) in [4.78, 5) is 26.7. The normalized spacial score (nSPS) is 18.5. The third-order valence-corrected chi connectivity index (χ3v) is 5.24. The second-order valence-electron chi connectivity index (χ2n) is 7.58. The summed E-state index contributed by atoms with van der Waals surface area (Å²) in [6.07, 6.45) is 1.85. The molecule has 28 heavy (non-hydrogen) atoms. The van der Waals surface area contributed by atoms with E-state index in [-0.39, 0.29) is 23.4 Å². The van der Waals surface area contributed by atoms with E-state index >= 15 is 0 Å². The smallest absolute Gasteiger partial charge is 0.266 e. The second kappa shape index (κ2) is 7.66. The van der Waals surface area contributed by atoms with E-state index < -0.39 is 0 Å². The number of amides is 1. The molecule has 3 heterocycles. The van der Waals surface area contributed by atoms with Crippen LogP contribution in [0.15, 0.2) is 35.1 Å². The predicted octanol–water partition coefficient (Wildman–Crippen LogP) is 2.33. The van der Waals surface area contributed by atoms with Gasteiger partial charge in [0.15, 0.2) is 11.5 Å². The highest BCUT2D eigenvalue weighted by Crippen LogP contribution is 2.33. The molecule has 4 rings (SSSR count). The molecule has 0 radical (unpaired) electrons. The third-order valence-electron chi connectivity index (χ3n) is 5.24. The zero-order valence-corrected chi connectivity index (χ0v) is 16.3. The van der Waals surface area contributed by atoms with Crippen LogP contribution in [0.25, 0.3) is 11.3 Å². The van der Waals surface area contributed by atoms with Crippen LogP contribution < -0.4 is 15.0 Å². The predicted molar refractivity (Wildman–Crippen MR) is 104 cm³/mol. The van der Waals surface area contributed by atoms with E-state index in [1.165, 1.54) is 10.7 Å². The van der Waals surface area contributed by atoms with Crippen LogP contribution in [0.2, 0.25) is 0 Å².